The average Bonchev–Trinajstić information content (AvgIpc) is 3.14. The van der Waals surface area contributed by atoms with Gasteiger partial charge < -0.3 is 19.6 Å². The van der Waals surface area contributed by atoms with E-state index in [9.17, 15) is 4.79 Å². The van der Waals surface area contributed by atoms with Gasteiger partial charge in [0.25, 0.3) is 0 Å². The topological polar surface area (TPSA) is 93.0 Å². The van der Waals surface area contributed by atoms with Gasteiger partial charge in [-0.2, -0.15) is 0 Å². The Morgan fingerprint density at radius 2 is 2.00 bits per heavy atom. The van der Waals surface area contributed by atoms with Crippen LogP contribution in [-0.4, -0.2) is 26.8 Å². The van der Waals surface area contributed by atoms with E-state index in [-0.39, 0.29) is 6.04 Å². The molecule has 0 fully saturated rings. The van der Waals surface area contributed by atoms with Crippen LogP contribution in [0.3, 0.4) is 0 Å². The third kappa shape index (κ3) is 4.96. The summed E-state index contributed by atoms with van der Waals surface area (Å²) in [5.74, 6) is 1.88. The van der Waals surface area contributed by atoms with E-state index < -0.39 is 11.7 Å². The number of rotatable bonds is 5. The lowest BCUT2D eigenvalue weighted by Crippen LogP contribution is -2.35. The maximum Gasteiger partial charge on any atom is 0.408 e. The summed E-state index contributed by atoms with van der Waals surface area (Å²) in [6.07, 6.45) is 0.301. The highest BCUT2D eigenvalue weighted by Crippen LogP contribution is 2.30. The number of hydrogen-bond donors (Lipinski definition) is 2. The van der Waals surface area contributed by atoms with Crippen LogP contribution in [0.1, 0.15) is 64.4 Å². The lowest BCUT2D eigenvalue weighted by atomic mass is 10.0. The zero-order valence-electron chi connectivity index (χ0n) is 18.2. The summed E-state index contributed by atoms with van der Waals surface area (Å²) >= 11 is 0. The molecule has 7 nitrogen and oxygen atoms in total. The first-order valence-corrected chi connectivity index (χ1v) is 9.96. The normalized spacial score (nSPS) is 13.1. The molecule has 1 atom stereocenters. The Hall–Kier alpha value is -2.83. The standard InChI is InChI=1S/C22H30N4O3/c1-12(2)10-18(25-21(27)28-22(5,6)7)20-23-16-9-8-15(11-17(16)24-20)19-13(3)26-29-14(19)4/h8-9,11-12,18H,10H2,1-7H3,(H,23,24)(H,25,27). The van der Waals surface area contributed by atoms with Gasteiger partial charge in [0.15, 0.2) is 0 Å². The van der Waals surface area contributed by atoms with Crippen molar-refractivity contribution in [2.45, 2.75) is 66.5 Å². The first-order valence-electron chi connectivity index (χ1n) is 9.96. The van der Waals surface area contributed by atoms with Gasteiger partial charge >= 0.3 is 6.09 Å². The third-order valence-electron chi connectivity index (χ3n) is 4.55. The summed E-state index contributed by atoms with van der Waals surface area (Å²) in [4.78, 5) is 20.4. The Bertz CT molecular complexity index is 991. The summed E-state index contributed by atoms with van der Waals surface area (Å²) in [5.41, 5.74) is 4.06. The van der Waals surface area contributed by atoms with Gasteiger partial charge in [0, 0.05) is 5.56 Å². The van der Waals surface area contributed by atoms with Gasteiger partial charge in [-0.05, 0) is 64.7 Å². The van der Waals surface area contributed by atoms with Crippen LogP contribution in [-0.2, 0) is 4.74 Å². The van der Waals surface area contributed by atoms with E-state index >= 15 is 0 Å². The molecule has 3 rings (SSSR count). The molecule has 0 radical (unpaired) electrons. The van der Waals surface area contributed by atoms with Crippen molar-refractivity contribution in [3.63, 3.8) is 0 Å². The SMILES string of the molecule is Cc1noc(C)c1-c1ccc2nc(C(CC(C)C)NC(=O)OC(C)(C)C)[nH]c2c1. The predicted octanol–water partition coefficient (Wildman–Crippen LogP) is 5.45. The number of H-pyrrole nitrogens is 1. The number of aromatic amines is 1. The fourth-order valence-corrected chi connectivity index (χ4v) is 3.41. The van der Waals surface area contributed by atoms with Crippen LogP contribution in [0, 0.1) is 19.8 Å². The molecule has 0 saturated heterocycles. The molecule has 1 amide bonds. The van der Waals surface area contributed by atoms with E-state index in [2.05, 4.69) is 29.3 Å². The largest absolute Gasteiger partial charge is 0.444 e. The van der Waals surface area contributed by atoms with E-state index in [1.807, 2.05) is 52.8 Å². The fourth-order valence-electron chi connectivity index (χ4n) is 3.41. The predicted molar refractivity (Wildman–Crippen MR) is 113 cm³/mol. The lowest BCUT2D eigenvalue weighted by Gasteiger charge is -2.23. The number of imidazole rings is 1. The lowest BCUT2D eigenvalue weighted by molar-refractivity contribution is 0.0495. The summed E-state index contributed by atoms with van der Waals surface area (Å²) in [6.45, 7) is 13.6. The number of carbonyl (C=O) groups excluding carboxylic acids is 1. The molecule has 0 spiro atoms. The molecule has 0 saturated carbocycles. The van der Waals surface area contributed by atoms with Crippen molar-refractivity contribution in [3.8, 4) is 11.1 Å². The van der Waals surface area contributed by atoms with Crippen LogP contribution < -0.4 is 5.32 Å². The van der Waals surface area contributed by atoms with Crippen LogP contribution in [0.25, 0.3) is 22.2 Å². The second-order valence-electron chi connectivity index (χ2n) is 8.88. The maximum absolute atomic E-state index is 12.3. The number of alkyl carbamates (subject to hydrolysis) is 1. The molecule has 7 heteroatoms. The molecule has 2 heterocycles. The molecule has 156 valence electrons. The number of carbonyl (C=O) groups is 1. The molecular formula is C22H30N4O3. The molecule has 0 aliphatic carbocycles. The fraction of sp³-hybridized carbons (Fsp3) is 0.500. The first kappa shape index (κ1) is 20.9. The maximum atomic E-state index is 12.3. The summed E-state index contributed by atoms with van der Waals surface area (Å²) < 4.78 is 10.7. The van der Waals surface area contributed by atoms with Crippen LogP contribution >= 0.6 is 0 Å². The van der Waals surface area contributed by atoms with Gasteiger partial charge in [0.1, 0.15) is 17.2 Å². The number of nitrogens with zero attached hydrogens (tertiary/aromatic N) is 2. The molecule has 29 heavy (non-hydrogen) atoms. The molecule has 3 aromatic rings. The molecule has 1 unspecified atom stereocenters. The van der Waals surface area contributed by atoms with Gasteiger partial charge in [-0.15, -0.1) is 0 Å². The zero-order chi connectivity index (χ0) is 21.3. The van der Waals surface area contributed by atoms with Gasteiger partial charge in [0.05, 0.1) is 22.8 Å². The van der Waals surface area contributed by atoms with Gasteiger partial charge in [0.2, 0.25) is 0 Å². The Balaban J connectivity index is 1.92. The highest BCUT2D eigenvalue weighted by Gasteiger charge is 2.24. The van der Waals surface area contributed by atoms with Crippen LogP contribution in [0.2, 0.25) is 0 Å². The molecule has 0 aliphatic heterocycles. The minimum Gasteiger partial charge on any atom is -0.444 e. The van der Waals surface area contributed by atoms with E-state index in [1.54, 1.807) is 0 Å². The van der Waals surface area contributed by atoms with E-state index in [1.165, 1.54) is 0 Å². The number of ether oxygens (including phenoxy) is 1. The third-order valence-corrected chi connectivity index (χ3v) is 4.55. The van der Waals surface area contributed by atoms with Gasteiger partial charge in [-0.1, -0.05) is 25.1 Å². The van der Waals surface area contributed by atoms with Crippen molar-refractivity contribution in [1.82, 2.24) is 20.4 Å². The van der Waals surface area contributed by atoms with E-state index in [0.29, 0.717) is 5.92 Å². The number of hydrogen-bond acceptors (Lipinski definition) is 5. The average molecular weight is 399 g/mol. The van der Waals surface area contributed by atoms with Crippen LogP contribution in [0.4, 0.5) is 4.79 Å². The first-order chi connectivity index (χ1) is 13.5. The number of benzene rings is 1. The summed E-state index contributed by atoms with van der Waals surface area (Å²) in [5, 5.41) is 7.00. The Morgan fingerprint density at radius 1 is 1.28 bits per heavy atom. The van der Waals surface area contributed by atoms with Crippen LogP contribution in [0.15, 0.2) is 22.7 Å². The van der Waals surface area contributed by atoms with Crippen molar-refractivity contribution in [2.24, 2.45) is 5.92 Å². The van der Waals surface area contributed by atoms with E-state index in [0.717, 1.165) is 45.9 Å². The quantitative estimate of drug-likeness (QED) is 0.596. The smallest absolute Gasteiger partial charge is 0.408 e. The minimum atomic E-state index is -0.552. The van der Waals surface area contributed by atoms with Crippen molar-refractivity contribution in [2.75, 3.05) is 0 Å². The minimum absolute atomic E-state index is 0.264. The number of aryl methyl sites for hydroxylation is 2. The highest BCUT2D eigenvalue weighted by atomic mass is 16.6. The monoisotopic (exact) mass is 398 g/mol. The molecular weight excluding hydrogens is 368 g/mol. The molecule has 0 aliphatic rings. The molecule has 2 N–H and O–H groups in total. The van der Waals surface area contributed by atoms with Crippen molar-refractivity contribution < 1.29 is 14.1 Å². The number of nitrogens with one attached hydrogen (secondary N) is 2. The molecule has 0 bridgehead atoms. The molecule has 1 aromatic carbocycles. The number of amides is 1. The van der Waals surface area contributed by atoms with Crippen LogP contribution in [0.5, 0.6) is 0 Å². The number of aromatic nitrogens is 3. The van der Waals surface area contributed by atoms with Crippen molar-refractivity contribution in [1.29, 1.82) is 0 Å². The second-order valence-corrected chi connectivity index (χ2v) is 8.88. The summed E-state index contributed by atoms with van der Waals surface area (Å²) in [6, 6.07) is 5.76. The van der Waals surface area contributed by atoms with Crippen molar-refractivity contribution >= 4 is 17.1 Å². The van der Waals surface area contributed by atoms with Gasteiger partial charge in [-0.25, -0.2) is 9.78 Å². The highest BCUT2D eigenvalue weighted by molar-refractivity contribution is 5.83. The number of fused-ring (bicyclic) bond motifs is 1. The Kier molecular flexibility index (Phi) is 5.68. The Labute approximate surface area is 171 Å². The van der Waals surface area contributed by atoms with Gasteiger partial charge in [-0.3, -0.25) is 0 Å². The Morgan fingerprint density at radius 3 is 2.59 bits per heavy atom. The van der Waals surface area contributed by atoms with Crippen molar-refractivity contribution in [3.05, 3.63) is 35.5 Å². The summed E-state index contributed by atoms with van der Waals surface area (Å²) in [7, 11) is 0. The molecule has 2 aromatic heterocycles. The van der Waals surface area contributed by atoms with E-state index in [4.69, 9.17) is 14.2 Å². The second kappa shape index (κ2) is 7.89. The zero-order valence-corrected chi connectivity index (χ0v) is 18.2.